The Bertz CT molecular complexity index is 262. The highest BCUT2D eigenvalue weighted by Gasteiger charge is 2.43. The van der Waals surface area contributed by atoms with E-state index in [0.29, 0.717) is 12.7 Å². The van der Waals surface area contributed by atoms with Crippen LogP contribution in [0, 0.1) is 0 Å². The maximum absolute atomic E-state index is 6.06. The minimum absolute atomic E-state index is 0.0940. The molecular formula is C12H20O4. The fraction of sp³-hybridized carbons (Fsp3) is 1.00. The topological polar surface area (TPSA) is 40.2 Å². The van der Waals surface area contributed by atoms with Crippen LogP contribution in [0.5, 0.6) is 0 Å². The van der Waals surface area contributed by atoms with Gasteiger partial charge >= 0.3 is 0 Å². The SMILES string of the molecule is CC1(C)OC[C@H]([C@@H]2CCC[C@H]([C@H]3CO3)O2)O1. The third-order valence-electron chi connectivity index (χ3n) is 3.55. The summed E-state index contributed by atoms with van der Waals surface area (Å²) >= 11 is 0. The quantitative estimate of drug-likeness (QED) is 0.671. The lowest BCUT2D eigenvalue weighted by Gasteiger charge is -2.32. The fourth-order valence-corrected chi connectivity index (χ4v) is 2.60. The smallest absolute Gasteiger partial charge is 0.163 e. The Morgan fingerprint density at radius 1 is 0.938 bits per heavy atom. The predicted molar refractivity (Wildman–Crippen MR) is 57.2 cm³/mol. The van der Waals surface area contributed by atoms with E-state index in [1.807, 2.05) is 13.8 Å². The second kappa shape index (κ2) is 3.95. The van der Waals surface area contributed by atoms with Crippen molar-refractivity contribution >= 4 is 0 Å². The molecule has 92 valence electrons. The first-order chi connectivity index (χ1) is 7.64. The molecule has 3 heterocycles. The zero-order chi connectivity index (χ0) is 11.2. The molecule has 4 atom stereocenters. The van der Waals surface area contributed by atoms with Gasteiger partial charge in [-0.15, -0.1) is 0 Å². The summed E-state index contributed by atoms with van der Waals surface area (Å²) in [7, 11) is 0. The van der Waals surface area contributed by atoms with Crippen molar-refractivity contribution in [3.63, 3.8) is 0 Å². The second-order valence-corrected chi connectivity index (χ2v) is 5.38. The number of ether oxygens (including phenoxy) is 4. The molecular weight excluding hydrogens is 208 g/mol. The molecule has 0 N–H and O–H groups in total. The van der Waals surface area contributed by atoms with Crippen molar-refractivity contribution < 1.29 is 18.9 Å². The van der Waals surface area contributed by atoms with Crippen molar-refractivity contribution in [3.8, 4) is 0 Å². The molecule has 0 aliphatic carbocycles. The van der Waals surface area contributed by atoms with Gasteiger partial charge in [0.15, 0.2) is 5.79 Å². The summed E-state index contributed by atoms with van der Waals surface area (Å²) < 4.78 is 22.8. The van der Waals surface area contributed by atoms with Crippen LogP contribution in [0.1, 0.15) is 33.1 Å². The van der Waals surface area contributed by atoms with Crippen molar-refractivity contribution in [1.82, 2.24) is 0 Å². The molecule has 3 rings (SSSR count). The number of rotatable bonds is 2. The molecule has 3 aliphatic heterocycles. The predicted octanol–water partition coefficient (Wildman–Crippen LogP) is 1.47. The summed E-state index contributed by atoms with van der Waals surface area (Å²) in [4.78, 5) is 0. The third-order valence-corrected chi connectivity index (χ3v) is 3.55. The summed E-state index contributed by atoms with van der Waals surface area (Å²) in [6.45, 7) is 5.43. The molecule has 4 nitrogen and oxygen atoms in total. The molecule has 3 aliphatic rings. The van der Waals surface area contributed by atoms with Crippen molar-refractivity contribution in [2.24, 2.45) is 0 Å². The molecule has 0 aromatic carbocycles. The van der Waals surface area contributed by atoms with E-state index >= 15 is 0 Å². The van der Waals surface area contributed by atoms with E-state index in [1.165, 1.54) is 6.42 Å². The highest BCUT2D eigenvalue weighted by Crippen LogP contribution is 2.33. The zero-order valence-electron chi connectivity index (χ0n) is 9.98. The Morgan fingerprint density at radius 2 is 1.62 bits per heavy atom. The van der Waals surface area contributed by atoms with Gasteiger partial charge in [-0.05, 0) is 33.1 Å². The van der Waals surface area contributed by atoms with Crippen LogP contribution in [-0.4, -0.2) is 43.4 Å². The molecule has 0 spiro atoms. The minimum atomic E-state index is -0.447. The lowest BCUT2D eigenvalue weighted by molar-refractivity contribution is -0.171. The molecule has 0 aromatic rings. The first-order valence-electron chi connectivity index (χ1n) is 6.23. The summed E-state index contributed by atoms with van der Waals surface area (Å²) in [6.07, 6.45) is 4.31. The van der Waals surface area contributed by atoms with E-state index in [1.54, 1.807) is 0 Å². The Morgan fingerprint density at radius 3 is 2.19 bits per heavy atom. The second-order valence-electron chi connectivity index (χ2n) is 5.38. The normalized spacial score (nSPS) is 46.9. The third kappa shape index (κ3) is 2.25. The summed E-state index contributed by atoms with van der Waals surface area (Å²) in [5.74, 6) is -0.447. The molecule has 0 radical (unpaired) electrons. The average molecular weight is 228 g/mol. The molecule has 3 fully saturated rings. The highest BCUT2D eigenvalue weighted by atomic mass is 16.8. The van der Waals surface area contributed by atoms with E-state index in [4.69, 9.17) is 18.9 Å². The van der Waals surface area contributed by atoms with Gasteiger partial charge in [0.05, 0.1) is 25.4 Å². The summed E-state index contributed by atoms with van der Waals surface area (Å²) in [6, 6.07) is 0. The highest BCUT2D eigenvalue weighted by molar-refractivity contribution is 4.88. The largest absolute Gasteiger partial charge is 0.370 e. The zero-order valence-corrected chi connectivity index (χ0v) is 9.98. The molecule has 0 saturated carbocycles. The van der Waals surface area contributed by atoms with Gasteiger partial charge in [-0.1, -0.05) is 0 Å². The van der Waals surface area contributed by atoms with E-state index in [-0.39, 0.29) is 18.3 Å². The Labute approximate surface area is 96.2 Å². The van der Waals surface area contributed by atoms with Gasteiger partial charge < -0.3 is 18.9 Å². The Balaban J connectivity index is 1.58. The van der Waals surface area contributed by atoms with Crippen molar-refractivity contribution in [3.05, 3.63) is 0 Å². The average Bonchev–Trinajstić information content (AvgIpc) is 3.04. The minimum Gasteiger partial charge on any atom is -0.370 e. The maximum atomic E-state index is 6.06. The number of hydrogen-bond acceptors (Lipinski definition) is 4. The number of hydrogen-bond donors (Lipinski definition) is 0. The van der Waals surface area contributed by atoms with Gasteiger partial charge in [-0.3, -0.25) is 0 Å². The molecule has 0 bridgehead atoms. The van der Waals surface area contributed by atoms with Crippen LogP contribution in [0.4, 0.5) is 0 Å². The standard InChI is InChI=1S/C12H20O4/c1-12(2)14-7-11(16-12)9-5-3-4-8(15-9)10-6-13-10/h8-11H,3-7H2,1-2H3/t8-,9+,10-,11-/m1/s1. The molecule has 0 amide bonds. The lowest BCUT2D eigenvalue weighted by Crippen LogP contribution is -2.40. The molecule has 4 heteroatoms. The van der Waals surface area contributed by atoms with Crippen LogP contribution >= 0.6 is 0 Å². The summed E-state index contributed by atoms with van der Waals surface area (Å²) in [5.41, 5.74) is 0. The first-order valence-corrected chi connectivity index (χ1v) is 6.23. The van der Waals surface area contributed by atoms with Crippen molar-refractivity contribution in [1.29, 1.82) is 0 Å². The fourth-order valence-electron chi connectivity index (χ4n) is 2.60. The summed E-state index contributed by atoms with van der Waals surface area (Å²) in [5, 5.41) is 0. The van der Waals surface area contributed by atoms with Gasteiger partial charge in [-0.2, -0.15) is 0 Å². The van der Waals surface area contributed by atoms with Crippen LogP contribution in [-0.2, 0) is 18.9 Å². The molecule has 3 saturated heterocycles. The van der Waals surface area contributed by atoms with Crippen LogP contribution in [0.3, 0.4) is 0 Å². The van der Waals surface area contributed by atoms with E-state index in [0.717, 1.165) is 19.4 Å². The van der Waals surface area contributed by atoms with Gasteiger partial charge in [0.2, 0.25) is 0 Å². The van der Waals surface area contributed by atoms with Crippen LogP contribution in [0.15, 0.2) is 0 Å². The molecule has 0 aromatic heterocycles. The number of epoxide rings is 1. The van der Waals surface area contributed by atoms with Crippen LogP contribution < -0.4 is 0 Å². The van der Waals surface area contributed by atoms with E-state index in [2.05, 4.69) is 0 Å². The van der Waals surface area contributed by atoms with E-state index in [9.17, 15) is 0 Å². The van der Waals surface area contributed by atoms with Crippen molar-refractivity contribution in [2.75, 3.05) is 13.2 Å². The van der Waals surface area contributed by atoms with Gasteiger partial charge in [-0.25, -0.2) is 0 Å². The Kier molecular flexibility index (Phi) is 2.70. The van der Waals surface area contributed by atoms with Gasteiger partial charge in [0.25, 0.3) is 0 Å². The molecule has 16 heavy (non-hydrogen) atoms. The van der Waals surface area contributed by atoms with Crippen molar-refractivity contribution in [2.45, 2.75) is 63.3 Å². The van der Waals surface area contributed by atoms with Gasteiger partial charge in [0.1, 0.15) is 12.2 Å². The maximum Gasteiger partial charge on any atom is 0.163 e. The van der Waals surface area contributed by atoms with Crippen LogP contribution in [0.25, 0.3) is 0 Å². The molecule has 0 unspecified atom stereocenters. The monoisotopic (exact) mass is 228 g/mol. The first kappa shape index (κ1) is 11.0. The Hall–Kier alpha value is -0.160. The van der Waals surface area contributed by atoms with Gasteiger partial charge in [0, 0.05) is 0 Å². The van der Waals surface area contributed by atoms with E-state index < -0.39 is 5.79 Å². The lowest BCUT2D eigenvalue weighted by atomic mass is 9.99. The van der Waals surface area contributed by atoms with Crippen LogP contribution in [0.2, 0.25) is 0 Å².